The minimum absolute atomic E-state index is 0.129. The summed E-state index contributed by atoms with van der Waals surface area (Å²) in [7, 11) is 0. The van der Waals surface area contributed by atoms with Crippen LogP contribution in [-0.2, 0) is 27.5 Å². The molecule has 1 aliphatic carbocycles. The van der Waals surface area contributed by atoms with Crippen LogP contribution in [0.1, 0.15) is 36.8 Å². The van der Waals surface area contributed by atoms with Crippen LogP contribution in [-0.4, -0.2) is 40.4 Å². The number of hydrogen-bond donors (Lipinski definition) is 2. The number of rotatable bonds is 8. The number of thiazole rings is 1. The van der Waals surface area contributed by atoms with Crippen molar-refractivity contribution < 1.29 is 19.1 Å². The maximum Gasteiger partial charge on any atom is 0.410 e. The Morgan fingerprint density at radius 3 is 2.50 bits per heavy atom. The van der Waals surface area contributed by atoms with Gasteiger partial charge in [-0.1, -0.05) is 54.6 Å². The van der Waals surface area contributed by atoms with E-state index in [4.69, 9.17) is 4.74 Å². The van der Waals surface area contributed by atoms with E-state index in [-0.39, 0.29) is 24.3 Å². The summed E-state index contributed by atoms with van der Waals surface area (Å²) in [6.07, 6.45) is 2.83. The van der Waals surface area contributed by atoms with E-state index < -0.39 is 12.1 Å². The second kappa shape index (κ2) is 10.9. The van der Waals surface area contributed by atoms with Gasteiger partial charge >= 0.3 is 6.09 Å². The van der Waals surface area contributed by atoms with Gasteiger partial charge in [0.05, 0.1) is 5.69 Å². The molecule has 2 aromatic carbocycles. The van der Waals surface area contributed by atoms with E-state index in [0.717, 1.165) is 41.6 Å². The van der Waals surface area contributed by atoms with E-state index in [9.17, 15) is 14.4 Å². The maximum absolute atomic E-state index is 12.9. The second-order valence-corrected chi connectivity index (χ2v) is 9.97. The van der Waals surface area contributed by atoms with Crippen molar-refractivity contribution in [2.75, 3.05) is 11.9 Å². The molecule has 0 spiro atoms. The molecule has 1 aromatic heterocycles. The third-order valence-electron chi connectivity index (χ3n) is 6.39. The summed E-state index contributed by atoms with van der Waals surface area (Å²) in [4.78, 5) is 43.4. The van der Waals surface area contributed by atoms with Crippen LogP contribution in [0.15, 0.2) is 60.0 Å². The third-order valence-corrected chi connectivity index (χ3v) is 7.15. The highest BCUT2D eigenvalue weighted by Crippen LogP contribution is 2.29. The van der Waals surface area contributed by atoms with Crippen molar-refractivity contribution in [2.45, 2.75) is 44.9 Å². The maximum atomic E-state index is 12.9. The molecule has 36 heavy (non-hydrogen) atoms. The highest BCUT2D eigenvalue weighted by molar-refractivity contribution is 7.14. The first-order valence-electron chi connectivity index (χ1n) is 12.2. The lowest BCUT2D eigenvalue weighted by atomic mass is 10.1. The summed E-state index contributed by atoms with van der Waals surface area (Å²) in [5, 5.41) is 8.20. The van der Waals surface area contributed by atoms with Crippen molar-refractivity contribution >= 4 is 34.4 Å². The lowest BCUT2D eigenvalue weighted by Gasteiger charge is -2.22. The number of ether oxygens (including phenoxy) is 1. The number of anilines is 1. The van der Waals surface area contributed by atoms with E-state index in [1.807, 2.05) is 60.0 Å². The first-order chi connectivity index (χ1) is 17.6. The highest BCUT2D eigenvalue weighted by atomic mass is 32.1. The summed E-state index contributed by atoms with van der Waals surface area (Å²) in [6, 6.07) is 16.7. The third kappa shape index (κ3) is 5.91. The van der Waals surface area contributed by atoms with Gasteiger partial charge in [0.1, 0.15) is 12.6 Å². The zero-order chi connectivity index (χ0) is 24.9. The molecule has 3 amide bonds. The summed E-state index contributed by atoms with van der Waals surface area (Å²) in [5.74, 6) is 0.0696. The molecule has 0 radical (unpaired) electrons. The van der Waals surface area contributed by atoms with Crippen LogP contribution in [0.2, 0.25) is 0 Å². The van der Waals surface area contributed by atoms with Gasteiger partial charge in [-0.3, -0.25) is 14.5 Å². The Balaban J connectivity index is 1.14. The fourth-order valence-corrected chi connectivity index (χ4v) is 4.91. The van der Waals surface area contributed by atoms with E-state index >= 15 is 0 Å². The van der Waals surface area contributed by atoms with Crippen molar-refractivity contribution in [1.82, 2.24) is 15.2 Å². The number of likely N-dealkylation sites (tertiary alicyclic amines) is 1. The Bertz CT molecular complexity index is 1220. The smallest absolute Gasteiger partial charge is 0.410 e. The largest absolute Gasteiger partial charge is 0.445 e. The molecule has 0 bridgehead atoms. The van der Waals surface area contributed by atoms with Crippen molar-refractivity contribution in [3.63, 3.8) is 0 Å². The van der Waals surface area contributed by atoms with Crippen molar-refractivity contribution in [2.24, 2.45) is 5.92 Å². The molecule has 1 atom stereocenters. The van der Waals surface area contributed by atoms with Crippen LogP contribution in [0.5, 0.6) is 0 Å². The quantitative estimate of drug-likeness (QED) is 0.468. The molecule has 1 aliphatic heterocycles. The number of carbonyl (C=O) groups is 3. The molecule has 2 N–H and O–H groups in total. The van der Waals surface area contributed by atoms with Crippen LogP contribution >= 0.6 is 11.3 Å². The molecule has 1 unspecified atom stereocenters. The molecule has 186 valence electrons. The van der Waals surface area contributed by atoms with Crippen LogP contribution in [0, 0.1) is 5.92 Å². The normalized spacial score (nSPS) is 17.0. The van der Waals surface area contributed by atoms with Crippen molar-refractivity contribution in [1.29, 1.82) is 0 Å². The Labute approximate surface area is 213 Å². The molecule has 2 fully saturated rings. The van der Waals surface area contributed by atoms with Gasteiger partial charge in [0.15, 0.2) is 5.13 Å². The lowest BCUT2D eigenvalue weighted by molar-refractivity contribution is -0.122. The molecule has 8 nitrogen and oxygen atoms in total. The zero-order valence-corrected chi connectivity index (χ0v) is 20.6. The van der Waals surface area contributed by atoms with Crippen molar-refractivity contribution in [3.8, 4) is 11.3 Å². The van der Waals surface area contributed by atoms with Gasteiger partial charge < -0.3 is 15.4 Å². The van der Waals surface area contributed by atoms with Gasteiger partial charge in [0, 0.05) is 30.0 Å². The average Bonchev–Trinajstić information content (AvgIpc) is 3.45. The molecule has 5 rings (SSSR count). The number of carbonyl (C=O) groups excluding carboxylic acids is 3. The molecule has 3 aromatic rings. The number of amides is 3. The molecule has 2 heterocycles. The van der Waals surface area contributed by atoms with Gasteiger partial charge in [-0.05, 0) is 36.8 Å². The molecular formula is C27H28N4O4S. The molecule has 1 saturated carbocycles. The summed E-state index contributed by atoms with van der Waals surface area (Å²) in [5.41, 5.74) is 3.61. The topological polar surface area (TPSA) is 101 Å². The number of aromatic nitrogens is 1. The minimum atomic E-state index is -0.578. The number of hydrogen-bond acceptors (Lipinski definition) is 6. The average molecular weight is 505 g/mol. The van der Waals surface area contributed by atoms with Gasteiger partial charge in [0.2, 0.25) is 11.8 Å². The fraction of sp³-hybridized carbons (Fsp3) is 0.333. The molecular weight excluding hydrogens is 476 g/mol. The van der Waals surface area contributed by atoms with Gasteiger partial charge in [0.25, 0.3) is 0 Å². The summed E-state index contributed by atoms with van der Waals surface area (Å²) >= 11 is 1.34. The van der Waals surface area contributed by atoms with E-state index in [1.165, 1.54) is 16.2 Å². The van der Waals surface area contributed by atoms with E-state index in [0.29, 0.717) is 24.6 Å². The SMILES string of the molecule is O=C(NCc1ccc(-c2csc(NC(=O)C3CCCN3C(=O)OCc3ccccc3)n2)cc1)C1CC1. The fourth-order valence-electron chi connectivity index (χ4n) is 4.18. The van der Waals surface area contributed by atoms with Gasteiger partial charge in [-0.15, -0.1) is 11.3 Å². The Hall–Kier alpha value is -3.72. The van der Waals surface area contributed by atoms with Crippen LogP contribution in [0.3, 0.4) is 0 Å². The minimum Gasteiger partial charge on any atom is -0.445 e. The lowest BCUT2D eigenvalue weighted by Crippen LogP contribution is -2.43. The zero-order valence-electron chi connectivity index (χ0n) is 19.8. The predicted octanol–water partition coefficient (Wildman–Crippen LogP) is 4.58. The van der Waals surface area contributed by atoms with Crippen molar-refractivity contribution in [3.05, 3.63) is 71.1 Å². The first kappa shape index (κ1) is 24.0. The highest BCUT2D eigenvalue weighted by Gasteiger charge is 2.35. The van der Waals surface area contributed by atoms with E-state index in [2.05, 4.69) is 15.6 Å². The van der Waals surface area contributed by atoms with E-state index in [1.54, 1.807) is 0 Å². The molecule has 2 aliphatic rings. The summed E-state index contributed by atoms with van der Waals surface area (Å²) in [6.45, 7) is 1.17. The Morgan fingerprint density at radius 2 is 1.75 bits per heavy atom. The van der Waals surface area contributed by atoms with Gasteiger partial charge in [-0.2, -0.15) is 0 Å². The first-order valence-corrected chi connectivity index (χ1v) is 13.1. The predicted molar refractivity (Wildman–Crippen MR) is 137 cm³/mol. The van der Waals surface area contributed by atoms with Crippen LogP contribution in [0.4, 0.5) is 9.93 Å². The Kier molecular flexibility index (Phi) is 7.27. The number of benzene rings is 2. The van der Waals surface area contributed by atoms with Gasteiger partial charge in [-0.25, -0.2) is 9.78 Å². The van der Waals surface area contributed by atoms with Crippen LogP contribution in [0.25, 0.3) is 11.3 Å². The molecule has 1 saturated heterocycles. The van der Waals surface area contributed by atoms with Crippen LogP contribution < -0.4 is 10.6 Å². The number of nitrogens with one attached hydrogen (secondary N) is 2. The number of nitrogens with zero attached hydrogens (tertiary/aromatic N) is 2. The second-order valence-electron chi connectivity index (χ2n) is 9.11. The monoisotopic (exact) mass is 504 g/mol. The summed E-state index contributed by atoms with van der Waals surface area (Å²) < 4.78 is 5.43. The molecule has 9 heteroatoms. The standard InChI is InChI=1S/C27H28N4O4S/c32-24(21-12-13-21)28-15-18-8-10-20(11-9-18)22-17-36-26(29-22)30-25(33)23-7-4-14-31(23)27(34)35-16-19-5-2-1-3-6-19/h1-3,5-6,8-11,17,21,23H,4,7,12-16H2,(H,28,32)(H,29,30,33). The Morgan fingerprint density at radius 1 is 0.972 bits per heavy atom.